The molecule has 0 heterocycles. The number of hydrogen-bond donors (Lipinski definition) is 3. The molecule has 0 saturated heterocycles. The molecule has 3 aromatic carbocycles. The van der Waals surface area contributed by atoms with E-state index < -0.39 is 21.8 Å². The summed E-state index contributed by atoms with van der Waals surface area (Å²) < 4.78 is 38.2. The molecule has 0 bridgehead atoms. The molecule has 0 saturated carbocycles. The Morgan fingerprint density at radius 1 is 0.829 bits per heavy atom. The maximum atomic E-state index is 12.5. The number of methoxy groups -OCH3 is 1. The number of sulfonamides is 1. The predicted molar refractivity (Wildman–Crippen MR) is 132 cm³/mol. The maximum Gasteiger partial charge on any atom is 0.269 e. The summed E-state index contributed by atoms with van der Waals surface area (Å²) in [4.78, 5) is 25.0. The van der Waals surface area contributed by atoms with Crippen molar-refractivity contribution in [1.82, 2.24) is 10.9 Å². The standard InChI is InChI=1S/C25H27N3O6S/c1-3-4-16-34-22-15-12-19(17-23(22)33-2)25(30)27-26-24(29)18-10-13-20(14-11-18)28-35(31,32)21-8-6-5-7-9-21/h5-15,17,28H,3-4,16H2,1-2H3,(H,26,29)(H,27,30). The number of anilines is 1. The molecule has 0 radical (unpaired) electrons. The maximum absolute atomic E-state index is 12.5. The molecular formula is C25H27N3O6S. The zero-order chi connectivity index (χ0) is 25.3. The highest BCUT2D eigenvalue weighted by Gasteiger charge is 2.15. The Labute approximate surface area is 204 Å². The van der Waals surface area contributed by atoms with Crippen LogP contribution in [0.1, 0.15) is 40.5 Å². The molecule has 0 aliphatic heterocycles. The van der Waals surface area contributed by atoms with E-state index in [1.807, 2.05) is 0 Å². The van der Waals surface area contributed by atoms with E-state index in [2.05, 4.69) is 22.5 Å². The van der Waals surface area contributed by atoms with Crippen LogP contribution in [-0.2, 0) is 10.0 Å². The first-order chi connectivity index (χ1) is 16.8. The van der Waals surface area contributed by atoms with E-state index >= 15 is 0 Å². The fourth-order valence-corrected chi connectivity index (χ4v) is 4.10. The first kappa shape index (κ1) is 25.6. The highest BCUT2D eigenvalue weighted by molar-refractivity contribution is 7.92. The number of amides is 2. The van der Waals surface area contributed by atoms with E-state index in [1.54, 1.807) is 30.3 Å². The van der Waals surface area contributed by atoms with Crippen molar-refractivity contribution in [1.29, 1.82) is 0 Å². The summed E-state index contributed by atoms with van der Waals surface area (Å²) in [5.74, 6) is -0.163. The molecule has 0 aliphatic carbocycles. The number of hydrogen-bond acceptors (Lipinski definition) is 6. The van der Waals surface area contributed by atoms with Crippen LogP contribution in [-0.4, -0.2) is 33.9 Å². The molecule has 3 aromatic rings. The molecule has 0 atom stereocenters. The van der Waals surface area contributed by atoms with Crippen molar-refractivity contribution in [3.63, 3.8) is 0 Å². The average molecular weight is 498 g/mol. The molecular weight excluding hydrogens is 470 g/mol. The van der Waals surface area contributed by atoms with Crippen LogP contribution in [0.25, 0.3) is 0 Å². The second-order valence-electron chi connectivity index (χ2n) is 7.47. The van der Waals surface area contributed by atoms with Crippen LogP contribution in [0.2, 0.25) is 0 Å². The average Bonchev–Trinajstić information content (AvgIpc) is 2.88. The molecule has 0 fully saturated rings. The first-order valence-electron chi connectivity index (χ1n) is 10.9. The second-order valence-corrected chi connectivity index (χ2v) is 9.15. The van der Waals surface area contributed by atoms with Crippen molar-refractivity contribution >= 4 is 27.5 Å². The highest BCUT2D eigenvalue weighted by Crippen LogP contribution is 2.28. The Bertz CT molecular complexity index is 1260. The Morgan fingerprint density at radius 3 is 2.09 bits per heavy atom. The fraction of sp³-hybridized carbons (Fsp3) is 0.200. The van der Waals surface area contributed by atoms with Gasteiger partial charge in [0.05, 0.1) is 18.6 Å². The second kappa shape index (κ2) is 11.9. The van der Waals surface area contributed by atoms with Crippen molar-refractivity contribution in [3.8, 4) is 11.5 Å². The summed E-state index contributed by atoms with van der Waals surface area (Å²) in [5.41, 5.74) is 5.48. The highest BCUT2D eigenvalue weighted by atomic mass is 32.2. The molecule has 0 aromatic heterocycles. The van der Waals surface area contributed by atoms with Crippen molar-refractivity contribution in [2.45, 2.75) is 24.7 Å². The minimum absolute atomic E-state index is 0.127. The van der Waals surface area contributed by atoms with Gasteiger partial charge >= 0.3 is 0 Å². The molecule has 0 spiro atoms. The number of benzene rings is 3. The monoisotopic (exact) mass is 497 g/mol. The van der Waals surface area contributed by atoms with Gasteiger partial charge < -0.3 is 9.47 Å². The largest absolute Gasteiger partial charge is 0.493 e. The molecule has 9 nitrogen and oxygen atoms in total. The zero-order valence-corrected chi connectivity index (χ0v) is 20.2. The van der Waals surface area contributed by atoms with Gasteiger partial charge in [-0.05, 0) is 61.0 Å². The van der Waals surface area contributed by atoms with E-state index in [9.17, 15) is 18.0 Å². The van der Waals surface area contributed by atoms with Gasteiger partial charge in [-0.3, -0.25) is 25.2 Å². The van der Waals surface area contributed by atoms with Crippen LogP contribution < -0.4 is 25.0 Å². The number of unbranched alkanes of at least 4 members (excludes halogenated alkanes) is 1. The lowest BCUT2D eigenvalue weighted by atomic mass is 10.2. The van der Waals surface area contributed by atoms with Crippen LogP contribution in [0.4, 0.5) is 5.69 Å². The minimum Gasteiger partial charge on any atom is -0.493 e. The van der Waals surface area contributed by atoms with Crippen molar-refractivity contribution in [2.24, 2.45) is 0 Å². The van der Waals surface area contributed by atoms with Crippen LogP contribution >= 0.6 is 0 Å². The lowest BCUT2D eigenvalue weighted by molar-refractivity contribution is 0.0846. The first-order valence-corrected chi connectivity index (χ1v) is 12.4. The molecule has 10 heteroatoms. The van der Waals surface area contributed by atoms with Gasteiger partial charge in [-0.15, -0.1) is 0 Å². The van der Waals surface area contributed by atoms with Crippen molar-refractivity contribution in [2.75, 3.05) is 18.4 Å². The fourth-order valence-electron chi connectivity index (χ4n) is 3.02. The van der Waals surface area contributed by atoms with Crippen molar-refractivity contribution in [3.05, 3.63) is 83.9 Å². The van der Waals surface area contributed by atoms with Crippen LogP contribution in [0.3, 0.4) is 0 Å². The lowest BCUT2D eigenvalue weighted by Gasteiger charge is -2.13. The van der Waals surface area contributed by atoms with E-state index in [1.165, 1.54) is 49.6 Å². The lowest BCUT2D eigenvalue weighted by Crippen LogP contribution is -2.41. The topological polar surface area (TPSA) is 123 Å². The summed E-state index contributed by atoms with van der Waals surface area (Å²) in [7, 11) is -2.26. The van der Waals surface area contributed by atoms with E-state index in [4.69, 9.17) is 9.47 Å². The summed E-state index contributed by atoms with van der Waals surface area (Å²) >= 11 is 0. The van der Waals surface area contributed by atoms with Crippen LogP contribution in [0, 0.1) is 0 Å². The third-order valence-corrected chi connectivity index (χ3v) is 6.32. The number of ether oxygens (including phenoxy) is 2. The number of carbonyl (C=O) groups excluding carboxylic acids is 2. The Kier molecular flexibility index (Phi) is 8.69. The van der Waals surface area contributed by atoms with Gasteiger partial charge in [-0.2, -0.15) is 0 Å². The van der Waals surface area contributed by atoms with Gasteiger partial charge in [0.25, 0.3) is 21.8 Å². The Morgan fingerprint density at radius 2 is 1.46 bits per heavy atom. The van der Waals surface area contributed by atoms with Gasteiger partial charge in [0.15, 0.2) is 11.5 Å². The smallest absolute Gasteiger partial charge is 0.269 e. The molecule has 3 rings (SSSR count). The van der Waals surface area contributed by atoms with Gasteiger partial charge in [0.2, 0.25) is 0 Å². The predicted octanol–water partition coefficient (Wildman–Crippen LogP) is 3.75. The van der Waals surface area contributed by atoms with Crippen LogP contribution in [0.15, 0.2) is 77.7 Å². The van der Waals surface area contributed by atoms with Crippen LogP contribution in [0.5, 0.6) is 11.5 Å². The Hall–Kier alpha value is -4.05. The zero-order valence-electron chi connectivity index (χ0n) is 19.4. The molecule has 2 amide bonds. The summed E-state index contributed by atoms with van der Waals surface area (Å²) in [5, 5.41) is 0. The van der Waals surface area contributed by atoms with Gasteiger partial charge in [0.1, 0.15) is 0 Å². The number of nitrogens with one attached hydrogen (secondary N) is 3. The normalized spacial score (nSPS) is 10.8. The molecule has 184 valence electrons. The third kappa shape index (κ3) is 6.97. The molecule has 35 heavy (non-hydrogen) atoms. The molecule has 3 N–H and O–H groups in total. The quantitative estimate of drug-likeness (QED) is 0.290. The molecule has 0 aliphatic rings. The van der Waals surface area contributed by atoms with E-state index in [0.29, 0.717) is 23.8 Å². The summed E-state index contributed by atoms with van der Waals surface area (Å²) in [6.07, 6.45) is 1.89. The minimum atomic E-state index is -3.74. The SMILES string of the molecule is CCCCOc1ccc(C(=O)NNC(=O)c2ccc(NS(=O)(=O)c3ccccc3)cc2)cc1OC. The molecule has 0 unspecified atom stereocenters. The summed E-state index contributed by atoms with van der Waals surface area (Å²) in [6.45, 7) is 2.60. The Balaban J connectivity index is 1.58. The summed E-state index contributed by atoms with van der Waals surface area (Å²) in [6, 6.07) is 18.5. The van der Waals surface area contributed by atoms with E-state index in [-0.39, 0.29) is 16.0 Å². The number of rotatable bonds is 10. The number of carbonyl (C=O) groups is 2. The van der Waals surface area contributed by atoms with E-state index in [0.717, 1.165) is 12.8 Å². The van der Waals surface area contributed by atoms with Gasteiger partial charge in [0, 0.05) is 16.8 Å². The number of hydrazine groups is 1. The third-order valence-electron chi connectivity index (χ3n) is 4.92. The van der Waals surface area contributed by atoms with Gasteiger partial charge in [-0.1, -0.05) is 31.5 Å². The van der Waals surface area contributed by atoms with Crippen molar-refractivity contribution < 1.29 is 27.5 Å². The van der Waals surface area contributed by atoms with Gasteiger partial charge in [-0.25, -0.2) is 8.42 Å².